The lowest BCUT2D eigenvalue weighted by atomic mass is 10.2. The largest absolute Gasteiger partial charge is 0.478 e. The maximum absolute atomic E-state index is 11.4. The van der Waals surface area contributed by atoms with Crippen LogP contribution in [-0.2, 0) is 0 Å². The van der Waals surface area contributed by atoms with Crippen molar-refractivity contribution in [2.45, 2.75) is 9.92 Å². The number of H-pyrrole nitrogens is 1. The van der Waals surface area contributed by atoms with Gasteiger partial charge in [-0.2, -0.15) is 0 Å². The van der Waals surface area contributed by atoms with Crippen LogP contribution in [0.4, 0.5) is 0 Å². The maximum Gasteiger partial charge on any atom is 0.336 e. The molecule has 1 aromatic carbocycles. The molecule has 0 saturated carbocycles. The lowest BCUT2D eigenvalue weighted by molar-refractivity contribution is 0.0693. The number of rotatable bonds is 3. The van der Waals surface area contributed by atoms with Crippen LogP contribution in [-0.4, -0.2) is 21.0 Å². The number of carboxylic acid groups (broad SMARTS) is 1. The van der Waals surface area contributed by atoms with Crippen LogP contribution >= 0.6 is 11.8 Å². The number of nitrogens with one attached hydrogen (secondary N) is 1. The minimum atomic E-state index is -1.03. The normalized spacial score (nSPS) is 10.1. The molecule has 0 aliphatic carbocycles. The zero-order chi connectivity index (χ0) is 12.3. The summed E-state index contributed by atoms with van der Waals surface area (Å²) in [5, 5.41) is 9.22. The molecule has 0 fully saturated rings. The molecule has 17 heavy (non-hydrogen) atoms. The van der Waals surface area contributed by atoms with Crippen molar-refractivity contribution >= 4 is 17.7 Å². The van der Waals surface area contributed by atoms with Crippen molar-refractivity contribution in [2.75, 3.05) is 0 Å². The Morgan fingerprint density at radius 2 is 2.12 bits per heavy atom. The first-order valence-electron chi connectivity index (χ1n) is 4.72. The van der Waals surface area contributed by atoms with E-state index >= 15 is 0 Å². The highest BCUT2D eigenvalue weighted by Gasteiger charge is 2.12. The van der Waals surface area contributed by atoms with Gasteiger partial charge in [0.2, 0.25) is 0 Å². The quantitative estimate of drug-likeness (QED) is 0.862. The Bertz CT molecular complexity index is 609. The topological polar surface area (TPSA) is 83.0 Å². The Balaban J connectivity index is 2.40. The number of hydrogen-bond acceptors (Lipinski definition) is 4. The van der Waals surface area contributed by atoms with Crippen molar-refractivity contribution in [3.63, 3.8) is 0 Å². The van der Waals surface area contributed by atoms with Gasteiger partial charge in [0.05, 0.1) is 5.56 Å². The van der Waals surface area contributed by atoms with Gasteiger partial charge in [0.25, 0.3) is 5.56 Å². The van der Waals surface area contributed by atoms with Crippen molar-refractivity contribution in [1.82, 2.24) is 9.97 Å². The summed E-state index contributed by atoms with van der Waals surface area (Å²) in [7, 11) is 0. The summed E-state index contributed by atoms with van der Waals surface area (Å²) in [6.45, 7) is 0. The van der Waals surface area contributed by atoms with Crippen LogP contribution in [0.2, 0.25) is 0 Å². The van der Waals surface area contributed by atoms with E-state index in [0.29, 0.717) is 4.90 Å². The van der Waals surface area contributed by atoms with Gasteiger partial charge in [0.15, 0.2) is 5.03 Å². The first-order valence-corrected chi connectivity index (χ1v) is 5.54. The monoisotopic (exact) mass is 248 g/mol. The lowest BCUT2D eigenvalue weighted by Crippen LogP contribution is -2.09. The van der Waals surface area contributed by atoms with Crippen LogP contribution in [0.1, 0.15) is 10.4 Å². The van der Waals surface area contributed by atoms with Gasteiger partial charge in [0.1, 0.15) is 0 Å². The van der Waals surface area contributed by atoms with E-state index in [2.05, 4.69) is 9.97 Å². The fourth-order valence-electron chi connectivity index (χ4n) is 1.25. The smallest absolute Gasteiger partial charge is 0.336 e. The van der Waals surface area contributed by atoms with Crippen molar-refractivity contribution in [3.05, 3.63) is 52.6 Å². The van der Waals surface area contributed by atoms with E-state index in [0.717, 1.165) is 11.8 Å². The summed E-state index contributed by atoms with van der Waals surface area (Å²) in [5.41, 5.74) is -0.180. The first-order chi connectivity index (χ1) is 8.18. The molecule has 0 radical (unpaired) electrons. The van der Waals surface area contributed by atoms with Gasteiger partial charge in [-0.25, -0.2) is 9.78 Å². The molecule has 0 aliphatic heterocycles. The molecule has 1 aromatic heterocycles. The average molecular weight is 248 g/mol. The van der Waals surface area contributed by atoms with E-state index in [9.17, 15) is 9.59 Å². The molecule has 2 aromatic rings. The lowest BCUT2D eigenvalue weighted by Gasteiger charge is -2.03. The highest BCUT2D eigenvalue weighted by molar-refractivity contribution is 7.99. The van der Waals surface area contributed by atoms with Crippen LogP contribution in [0.25, 0.3) is 0 Å². The predicted octanol–water partition coefficient (Wildman–Crippen LogP) is 1.62. The summed E-state index contributed by atoms with van der Waals surface area (Å²) >= 11 is 1.03. The summed E-state index contributed by atoms with van der Waals surface area (Å²) in [6, 6.07) is 6.48. The number of nitrogens with zero attached hydrogens (tertiary/aromatic N) is 1. The van der Waals surface area contributed by atoms with Gasteiger partial charge in [-0.15, -0.1) is 0 Å². The number of carboxylic acids is 1. The number of aromatic nitrogens is 2. The van der Waals surface area contributed by atoms with Crippen molar-refractivity contribution in [1.29, 1.82) is 0 Å². The maximum atomic E-state index is 11.4. The van der Waals surface area contributed by atoms with E-state index in [1.54, 1.807) is 18.2 Å². The Kier molecular flexibility index (Phi) is 3.24. The molecular formula is C11H8N2O3S. The van der Waals surface area contributed by atoms with Crippen LogP contribution in [0, 0.1) is 0 Å². The van der Waals surface area contributed by atoms with Crippen molar-refractivity contribution in [2.24, 2.45) is 0 Å². The minimum Gasteiger partial charge on any atom is -0.478 e. The number of aromatic carboxylic acids is 1. The molecule has 2 rings (SSSR count). The second-order valence-electron chi connectivity index (χ2n) is 3.13. The second-order valence-corrected chi connectivity index (χ2v) is 4.16. The van der Waals surface area contributed by atoms with Gasteiger partial charge in [-0.1, -0.05) is 23.9 Å². The molecule has 5 nitrogen and oxygen atoms in total. The third kappa shape index (κ3) is 2.54. The molecule has 0 unspecified atom stereocenters. The molecule has 6 heteroatoms. The van der Waals surface area contributed by atoms with E-state index in [-0.39, 0.29) is 16.1 Å². The average Bonchev–Trinajstić information content (AvgIpc) is 2.32. The summed E-state index contributed by atoms with van der Waals surface area (Å²) in [6.07, 6.45) is 2.88. The Morgan fingerprint density at radius 1 is 1.35 bits per heavy atom. The van der Waals surface area contributed by atoms with Crippen molar-refractivity contribution < 1.29 is 9.90 Å². The standard InChI is InChI=1S/C11H8N2O3S/c14-9-10(13-6-5-12-9)17-8-4-2-1-3-7(8)11(15)16/h1-6H,(H,12,14)(H,15,16). The molecule has 0 atom stereocenters. The molecule has 2 N–H and O–H groups in total. The van der Waals surface area contributed by atoms with E-state index in [1.807, 2.05) is 0 Å². The second kappa shape index (κ2) is 4.84. The van der Waals surface area contributed by atoms with Gasteiger partial charge in [0, 0.05) is 17.3 Å². The van der Waals surface area contributed by atoms with Crippen LogP contribution in [0.15, 0.2) is 51.4 Å². The number of benzene rings is 1. The van der Waals surface area contributed by atoms with Crippen LogP contribution in [0.5, 0.6) is 0 Å². The third-order valence-electron chi connectivity index (χ3n) is 2.00. The molecule has 0 aliphatic rings. The fourth-order valence-corrected chi connectivity index (χ4v) is 2.13. The Labute approximate surface area is 101 Å². The summed E-state index contributed by atoms with van der Waals surface area (Å²) < 4.78 is 0. The molecule has 0 saturated heterocycles. The van der Waals surface area contributed by atoms with E-state index < -0.39 is 5.97 Å². The SMILES string of the molecule is O=C(O)c1ccccc1Sc1ncc[nH]c1=O. The van der Waals surface area contributed by atoms with Crippen LogP contribution < -0.4 is 5.56 Å². The van der Waals surface area contributed by atoms with Gasteiger partial charge in [-0.3, -0.25) is 4.79 Å². The van der Waals surface area contributed by atoms with E-state index in [1.165, 1.54) is 18.5 Å². The molecule has 86 valence electrons. The molecule has 1 heterocycles. The molecule has 0 spiro atoms. The predicted molar refractivity (Wildman–Crippen MR) is 62.4 cm³/mol. The zero-order valence-electron chi connectivity index (χ0n) is 8.58. The van der Waals surface area contributed by atoms with Crippen LogP contribution in [0.3, 0.4) is 0 Å². The first kappa shape index (κ1) is 11.4. The zero-order valence-corrected chi connectivity index (χ0v) is 9.40. The third-order valence-corrected chi connectivity index (χ3v) is 3.06. The van der Waals surface area contributed by atoms with Crippen molar-refractivity contribution in [3.8, 4) is 0 Å². The summed E-state index contributed by atoms with van der Waals surface area (Å²) in [5.74, 6) is -1.03. The fraction of sp³-hybridized carbons (Fsp3) is 0. The number of carbonyl (C=O) groups is 1. The minimum absolute atomic E-state index is 0.155. The number of aromatic amines is 1. The molecule has 0 amide bonds. The van der Waals surface area contributed by atoms with Gasteiger partial charge < -0.3 is 10.1 Å². The highest BCUT2D eigenvalue weighted by atomic mass is 32.2. The van der Waals surface area contributed by atoms with Gasteiger partial charge >= 0.3 is 5.97 Å². The highest BCUT2D eigenvalue weighted by Crippen LogP contribution is 2.26. The molecular weight excluding hydrogens is 240 g/mol. The Hall–Kier alpha value is -2.08. The summed E-state index contributed by atoms with van der Waals surface area (Å²) in [4.78, 5) is 29.3. The Morgan fingerprint density at radius 3 is 2.82 bits per heavy atom. The number of hydrogen-bond donors (Lipinski definition) is 2. The van der Waals surface area contributed by atoms with Gasteiger partial charge in [-0.05, 0) is 12.1 Å². The van der Waals surface area contributed by atoms with E-state index in [4.69, 9.17) is 5.11 Å². The molecule has 0 bridgehead atoms.